The largest absolute Gasteiger partial charge is 0.507 e. The van der Waals surface area contributed by atoms with Crippen LogP contribution in [0.15, 0.2) is 48.7 Å². The summed E-state index contributed by atoms with van der Waals surface area (Å²) in [5.41, 5.74) is 0.523. The highest BCUT2D eigenvalue weighted by atomic mass is 16.6. The summed E-state index contributed by atoms with van der Waals surface area (Å²) in [6.07, 6.45) is 1.88. The molecule has 8 N–H and O–H groups in total. The highest BCUT2D eigenvalue weighted by molar-refractivity contribution is 5.95. The molecule has 1 saturated heterocycles. The monoisotopic (exact) mass is 834 g/mol. The summed E-state index contributed by atoms with van der Waals surface area (Å²) in [5.74, 6) is -2.42. The molecule has 3 aromatic rings. The molecule has 1 aromatic heterocycles. The van der Waals surface area contributed by atoms with Gasteiger partial charge in [-0.2, -0.15) is 0 Å². The molecule has 326 valence electrons. The van der Waals surface area contributed by atoms with E-state index in [2.05, 4.69) is 26.3 Å². The normalized spacial score (nSPS) is 22.2. The number of alkyl carbamates (subject to hydrolysis) is 1. The van der Waals surface area contributed by atoms with Crippen molar-refractivity contribution in [2.24, 2.45) is 0 Å². The van der Waals surface area contributed by atoms with Crippen molar-refractivity contribution in [3.8, 4) is 5.75 Å². The van der Waals surface area contributed by atoms with Crippen LogP contribution in [0, 0.1) is 13.8 Å². The molecule has 1 aliphatic carbocycles. The summed E-state index contributed by atoms with van der Waals surface area (Å²) in [7, 11) is 0. The zero-order valence-corrected chi connectivity index (χ0v) is 34.8. The highest BCUT2D eigenvalue weighted by Gasteiger charge is 2.54. The molecular weight excluding hydrogens is 777 g/mol. The molecule has 1 aliphatic heterocycles. The molecule has 2 fully saturated rings. The van der Waals surface area contributed by atoms with Crippen LogP contribution in [0.4, 0.5) is 4.79 Å². The lowest BCUT2D eigenvalue weighted by Crippen LogP contribution is -2.67. The minimum absolute atomic E-state index is 0.0365. The summed E-state index contributed by atoms with van der Waals surface area (Å²) in [6.45, 7) is 7.89. The minimum Gasteiger partial charge on any atom is -0.507 e. The molecule has 6 atom stereocenters. The average Bonchev–Trinajstić information content (AvgIpc) is 3.66. The van der Waals surface area contributed by atoms with Crippen LogP contribution >= 0.6 is 0 Å². The quantitative estimate of drug-likeness (QED) is 0.109. The van der Waals surface area contributed by atoms with E-state index in [-0.39, 0.29) is 36.7 Å². The van der Waals surface area contributed by atoms with Crippen molar-refractivity contribution in [1.82, 2.24) is 30.9 Å². The predicted molar refractivity (Wildman–Crippen MR) is 219 cm³/mol. The van der Waals surface area contributed by atoms with E-state index >= 15 is 0 Å². The van der Waals surface area contributed by atoms with Crippen LogP contribution in [0.5, 0.6) is 5.75 Å². The Hall–Kier alpha value is -5.36. The zero-order chi connectivity index (χ0) is 43.8. The number of carboxylic acids is 1. The minimum atomic E-state index is -2.12. The fraction of sp³-hybridized carbons (Fsp3) is 0.535. The number of hydrogen-bond acceptors (Lipinski definition) is 12. The van der Waals surface area contributed by atoms with Gasteiger partial charge in [0.1, 0.15) is 30.1 Å². The average molecular weight is 835 g/mol. The molecule has 0 bridgehead atoms. The Kier molecular flexibility index (Phi) is 15.1. The number of aliphatic hydroxyl groups excluding tert-OH is 3. The maximum atomic E-state index is 13.5. The number of aromatic nitrogens is 3. The third-order valence-corrected chi connectivity index (χ3v) is 10.8. The van der Waals surface area contributed by atoms with Crippen molar-refractivity contribution < 1.29 is 54.2 Å². The zero-order valence-electron chi connectivity index (χ0n) is 34.8. The first-order chi connectivity index (χ1) is 28.3. The Morgan fingerprint density at radius 1 is 1.05 bits per heavy atom. The molecule has 17 nitrogen and oxygen atoms in total. The first-order valence-corrected chi connectivity index (χ1v) is 20.3. The molecule has 0 spiro atoms. The fourth-order valence-electron chi connectivity index (χ4n) is 7.64. The lowest BCUT2D eigenvalue weighted by atomic mass is 9.81. The molecule has 60 heavy (non-hydrogen) atoms. The van der Waals surface area contributed by atoms with Gasteiger partial charge in [0.25, 0.3) is 5.91 Å². The second-order valence-electron chi connectivity index (χ2n) is 16.9. The van der Waals surface area contributed by atoms with E-state index < -0.39 is 78.5 Å². The number of phenolic OH excluding ortho intramolecular Hbond substituents is 1. The summed E-state index contributed by atoms with van der Waals surface area (Å²) < 4.78 is 12.8. The van der Waals surface area contributed by atoms with E-state index in [1.54, 1.807) is 71.2 Å². The molecule has 0 radical (unpaired) electrons. The third kappa shape index (κ3) is 12.1. The van der Waals surface area contributed by atoms with E-state index in [1.165, 1.54) is 22.9 Å². The van der Waals surface area contributed by atoms with E-state index in [0.717, 1.165) is 43.4 Å². The SMILES string of the molecule is Cc1cc(C(=O)NC[C@@H](O)[C@@H](O)[C@@H]2O[C@@](C/C=C/c3cccc(CNC(=O)OC(C)(C)C)c3)(C(=O)O)C[C@H](O)[C@H]2NC(=O)Cn2cc(C3CCCCC3)nn2)cc(C)c1O. The standard InChI is InChI=1S/C43H58N6O11/c1-25-17-30(18-26(2)36(25)53)39(55)44-22-33(51)37(54)38-35(46-34(52)24-49-23-31(47-48-49)29-14-7-6-8-15-29)32(50)20-43(59-38,40(56)57)16-10-13-27-11-9-12-28(19-27)21-45-41(58)60-42(3,4)5/h9-13,17-19,23,29,32-33,35,37-38,50-51,53-54H,6-8,14-16,20-22,24H2,1-5H3,(H,44,55)(H,45,58)(H,46,52)(H,56,57)/b13-10+/t32-,33+,35+,37+,38+,43+/m0/s1. The number of benzene rings is 2. The number of nitrogens with one attached hydrogen (secondary N) is 3. The van der Waals surface area contributed by atoms with Crippen molar-refractivity contribution in [2.45, 2.75) is 140 Å². The van der Waals surface area contributed by atoms with Gasteiger partial charge in [-0.15, -0.1) is 5.10 Å². The van der Waals surface area contributed by atoms with Gasteiger partial charge in [-0.3, -0.25) is 9.59 Å². The Balaban J connectivity index is 1.32. The number of carbonyl (C=O) groups excluding carboxylic acids is 3. The van der Waals surface area contributed by atoms with Crippen LogP contribution in [-0.2, 0) is 32.2 Å². The smallest absolute Gasteiger partial charge is 0.407 e. The summed E-state index contributed by atoms with van der Waals surface area (Å²) in [4.78, 5) is 51.7. The van der Waals surface area contributed by atoms with Gasteiger partial charge in [0, 0.05) is 43.6 Å². The van der Waals surface area contributed by atoms with Crippen LogP contribution in [0.25, 0.3) is 6.08 Å². The number of amides is 3. The summed E-state index contributed by atoms with van der Waals surface area (Å²) in [6, 6.07) is 8.65. The van der Waals surface area contributed by atoms with E-state index in [0.29, 0.717) is 16.7 Å². The molecule has 1 saturated carbocycles. The van der Waals surface area contributed by atoms with Crippen LogP contribution in [0.2, 0.25) is 0 Å². The predicted octanol–water partition coefficient (Wildman–Crippen LogP) is 3.39. The van der Waals surface area contributed by atoms with Crippen molar-refractivity contribution in [3.63, 3.8) is 0 Å². The molecule has 5 rings (SSSR count). The molecule has 2 aromatic carbocycles. The molecular formula is C43H58N6O11. The maximum absolute atomic E-state index is 13.5. The topological polar surface area (TPSA) is 255 Å². The number of carboxylic acid groups (broad SMARTS) is 1. The number of nitrogens with zero attached hydrogens (tertiary/aromatic N) is 3. The number of phenols is 1. The van der Waals surface area contributed by atoms with E-state index in [1.807, 2.05) is 0 Å². The van der Waals surface area contributed by atoms with Crippen LogP contribution in [-0.4, -0.2) is 113 Å². The molecule has 2 heterocycles. The van der Waals surface area contributed by atoms with Gasteiger partial charge >= 0.3 is 12.1 Å². The van der Waals surface area contributed by atoms with Gasteiger partial charge in [0.2, 0.25) is 5.91 Å². The maximum Gasteiger partial charge on any atom is 0.407 e. The van der Waals surface area contributed by atoms with Crippen LogP contribution in [0.3, 0.4) is 0 Å². The molecule has 17 heteroatoms. The van der Waals surface area contributed by atoms with Gasteiger partial charge in [0.05, 0.1) is 23.9 Å². The van der Waals surface area contributed by atoms with Crippen molar-refractivity contribution in [3.05, 3.63) is 82.2 Å². The number of aromatic hydroxyl groups is 1. The van der Waals surface area contributed by atoms with Gasteiger partial charge in [-0.25, -0.2) is 14.3 Å². The van der Waals surface area contributed by atoms with Crippen LogP contribution < -0.4 is 16.0 Å². The van der Waals surface area contributed by atoms with Gasteiger partial charge in [0.15, 0.2) is 5.60 Å². The van der Waals surface area contributed by atoms with Gasteiger partial charge in [-0.05, 0) is 87.9 Å². The van der Waals surface area contributed by atoms with Crippen LogP contribution in [0.1, 0.15) is 110 Å². The lowest BCUT2D eigenvalue weighted by molar-refractivity contribution is -0.226. The molecule has 2 aliphatic rings. The van der Waals surface area contributed by atoms with Crippen molar-refractivity contribution >= 4 is 30.0 Å². The molecule has 0 unspecified atom stereocenters. The second-order valence-corrected chi connectivity index (χ2v) is 16.9. The van der Waals surface area contributed by atoms with E-state index in [9.17, 15) is 44.7 Å². The first kappa shape index (κ1) is 45.7. The van der Waals surface area contributed by atoms with E-state index in [4.69, 9.17) is 9.47 Å². The third-order valence-electron chi connectivity index (χ3n) is 10.8. The number of rotatable bonds is 15. The first-order valence-electron chi connectivity index (χ1n) is 20.3. The Morgan fingerprint density at radius 3 is 2.42 bits per heavy atom. The van der Waals surface area contributed by atoms with Crippen molar-refractivity contribution in [2.75, 3.05) is 6.54 Å². The molecule has 3 amide bonds. The number of hydrogen-bond donors (Lipinski definition) is 8. The fourth-order valence-corrected chi connectivity index (χ4v) is 7.64. The summed E-state index contributed by atoms with van der Waals surface area (Å²) >= 11 is 0. The Labute approximate surface area is 349 Å². The Bertz CT molecular complexity index is 2000. The number of aliphatic carboxylic acids is 1. The number of aliphatic hydroxyl groups is 3. The number of aryl methyl sites for hydroxylation is 2. The number of ether oxygens (including phenoxy) is 2. The summed E-state index contributed by atoms with van der Waals surface area (Å²) in [5, 5.41) is 71.3. The lowest BCUT2D eigenvalue weighted by Gasteiger charge is -2.47. The van der Waals surface area contributed by atoms with Gasteiger partial charge in [-0.1, -0.05) is 54.8 Å². The second kappa shape index (κ2) is 19.8. The number of carbonyl (C=O) groups is 4. The Morgan fingerprint density at radius 2 is 1.75 bits per heavy atom. The highest BCUT2D eigenvalue weighted by Crippen LogP contribution is 2.36. The van der Waals surface area contributed by atoms with Crippen molar-refractivity contribution in [1.29, 1.82) is 0 Å². The van der Waals surface area contributed by atoms with Gasteiger partial charge < -0.3 is 51.0 Å².